The molecule has 0 saturated carbocycles. The van der Waals surface area contributed by atoms with E-state index in [2.05, 4.69) is 137 Å². The second-order valence-corrected chi connectivity index (χ2v) is 10.9. The van der Waals surface area contributed by atoms with Crippen molar-refractivity contribution in [3.05, 3.63) is 108 Å². The summed E-state index contributed by atoms with van der Waals surface area (Å²) >= 11 is 0. The molecule has 34 heavy (non-hydrogen) atoms. The van der Waals surface area contributed by atoms with Crippen LogP contribution < -0.4 is 4.90 Å². The second kappa shape index (κ2) is 8.17. The Balaban J connectivity index is 1.72. The quantitative estimate of drug-likeness (QED) is 0.303. The molecule has 0 aromatic heterocycles. The van der Waals surface area contributed by atoms with Crippen LogP contribution >= 0.6 is 0 Å². The van der Waals surface area contributed by atoms with Crippen LogP contribution in [-0.4, -0.2) is 5.54 Å². The standard InChI is InChI=1S/C33H35N/c1-7-26-30(21-20-28-27-18-11-12-19-29(27)33(5,6)31(26)28)34(32(2,3)4)25-17-13-16-24(22-25)23-14-9-8-10-15-23/h8-22H,7H2,1-6H3. The van der Waals surface area contributed by atoms with Crippen LogP contribution in [0.2, 0.25) is 0 Å². The van der Waals surface area contributed by atoms with E-state index in [0.29, 0.717) is 0 Å². The third kappa shape index (κ3) is 3.55. The van der Waals surface area contributed by atoms with Crippen molar-refractivity contribution in [2.24, 2.45) is 0 Å². The normalized spacial score (nSPS) is 13.9. The van der Waals surface area contributed by atoms with Crippen molar-refractivity contribution in [1.82, 2.24) is 0 Å². The van der Waals surface area contributed by atoms with Gasteiger partial charge in [0.25, 0.3) is 0 Å². The maximum Gasteiger partial charge on any atom is 0.0451 e. The van der Waals surface area contributed by atoms with E-state index >= 15 is 0 Å². The first kappa shape index (κ1) is 22.5. The molecule has 1 heteroatoms. The maximum atomic E-state index is 2.54. The van der Waals surface area contributed by atoms with Gasteiger partial charge in [0.05, 0.1) is 0 Å². The third-order valence-corrected chi connectivity index (χ3v) is 7.28. The van der Waals surface area contributed by atoms with E-state index in [1.54, 1.807) is 0 Å². The summed E-state index contributed by atoms with van der Waals surface area (Å²) < 4.78 is 0. The number of rotatable bonds is 4. The molecule has 0 bridgehead atoms. The molecule has 1 aliphatic carbocycles. The number of benzene rings is 4. The molecule has 1 nitrogen and oxygen atoms in total. The van der Waals surface area contributed by atoms with E-state index in [0.717, 1.165) is 6.42 Å². The molecule has 4 aromatic rings. The van der Waals surface area contributed by atoms with E-state index in [9.17, 15) is 0 Å². The lowest BCUT2D eigenvalue weighted by Gasteiger charge is -2.40. The van der Waals surface area contributed by atoms with Gasteiger partial charge in [0.15, 0.2) is 0 Å². The van der Waals surface area contributed by atoms with Gasteiger partial charge in [-0.25, -0.2) is 0 Å². The lowest BCUT2D eigenvalue weighted by atomic mass is 9.79. The van der Waals surface area contributed by atoms with Crippen molar-refractivity contribution in [3.63, 3.8) is 0 Å². The Morgan fingerprint density at radius 2 is 1.38 bits per heavy atom. The monoisotopic (exact) mass is 445 g/mol. The Bertz CT molecular complexity index is 1340. The van der Waals surface area contributed by atoms with Crippen molar-refractivity contribution >= 4 is 11.4 Å². The molecule has 0 radical (unpaired) electrons. The SMILES string of the molecule is CCc1c(N(c2cccc(-c3ccccc3)c2)C(C)(C)C)ccc2c1C(C)(C)c1ccccc1-2. The number of anilines is 2. The summed E-state index contributed by atoms with van der Waals surface area (Å²) in [7, 11) is 0. The molecule has 0 heterocycles. The van der Waals surface area contributed by atoms with Crippen LogP contribution in [0, 0.1) is 0 Å². The summed E-state index contributed by atoms with van der Waals surface area (Å²) in [6.45, 7) is 14.0. The summed E-state index contributed by atoms with van der Waals surface area (Å²) in [6.07, 6.45) is 1.00. The Morgan fingerprint density at radius 3 is 2.09 bits per heavy atom. The molecule has 0 unspecified atom stereocenters. The zero-order chi connectivity index (χ0) is 24.1. The molecular formula is C33H35N. The van der Waals surface area contributed by atoms with Gasteiger partial charge in [0.1, 0.15) is 0 Å². The van der Waals surface area contributed by atoms with Gasteiger partial charge in [-0.1, -0.05) is 93.6 Å². The predicted octanol–water partition coefficient (Wildman–Crippen LogP) is 9.16. The number of hydrogen-bond acceptors (Lipinski definition) is 1. The fraction of sp³-hybridized carbons (Fsp3) is 0.273. The van der Waals surface area contributed by atoms with Gasteiger partial charge >= 0.3 is 0 Å². The molecule has 0 aliphatic heterocycles. The van der Waals surface area contributed by atoms with Crippen LogP contribution in [0.3, 0.4) is 0 Å². The zero-order valence-electron chi connectivity index (χ0n) is 21.3. The predicted molar refractivity (Wildman–Crippen MR) is 147 cm³/mol. The highest BCUT2D eigenvalue weighted by Crippen LogP contribution is 2.53. The Labute approximate surface area is 205 Å². The second-order valence-electron chi connectivity index (χ2n) is 10.9. The van der Waals surface area contributed by atoms with Gasteiger partial charge in [-0.05, 0) is 84.3 Å². The molecule has 0 saturated heterocycles. The van der Waals surface area contributed by atoms with Gasteiger partial charge in [-0.15, -0.1) is 0 Å². The summed E-state index contributed by atoms with van der Waals surface area (Å²) in [5, 5.41) is 0. The molecule has 0 spiro atoms. The van der Waals surface area contributed by atoms with Crippen LogP contribution in [-0.2, 0) is 11.8 Å². The van der Waals surface area contributed by atoms with Crippen molar-refractivity contribution in [2.75, 3.05) is 4.90 Å². The summed E-state index contributed by atoms with van der Waals surface area (Å²) in [6, 6.07) is 33.3. The first-order valence-corrected chi connectivity index (χ1v) is 12.5. The van der Waals surface area contributed by atoms with E-state index in [1.165, 1.54) is 50.3 Å². The van der Waals surface area contributed by atoms with Gasteiger partial charge < -0.3 is 4.90 Å². The zero-order valence-corrected chi connectivity index (χ0v) is 21.3. The number of nitrogens with zero attached hydrogens (tertiary/aromatic N) is 1. The fourth-order valence-corrected chi connectivity index (χ4v) is 5.88. The summed E-state index contributed by atoms with van der Waals surface area (Å²) in [5.41, 5.74) is 12.1. The minimum absolute atomic E-state index is 0.0112. The molecule has 172 valence electrons. The molecule has 0 N–H and O–H groups in total. The first-order chi connectivity index (χ1) is 16.2. The lowest BCUT2D eigenvalue weighted by molar-refractivity contribution is 0.557. The first-order valence-electron chi connectivity index (χ1n) is 12.5. The highest BCUT2D eigenvalue weighted by atomic mass is 15.2. The van der Waals surface area contributed by atoms with Crippen molar-refractivity contribution in [1.29, 1.82) is 0 Å². The molecule has 5 rings (SSSR count). The van der Waals surface area contributed by atoms with Crippen LogP contribution in [0.1, 0.15) is 58.2 Å². The maximum absolute atomic E-state index is 2.54. The van der Waals surface area contributed by atoms with Gasteiger partial charge in [-0.3, -0.25) is 0 Å². The molecule has 0 fully saturated rings. The van der Waals surface area contributed by atoms with E-state index in [1.807, 2.05) is 0 Å². The van der Waals surface area contributed by atoms with Gasteiger partial charge in [-0.2, -0.15) is 0 Å². The topological polar surface area (TPSA) is 3.24 Å². The molecule has 0 amide bonds. The third-order valence-electron chi connectivity index (χ3n) is 7.28. The van der Waals surface area contributed by atoms with E-state index in [4.69, 9.17) is 0 Å². The smallest absolute Gasteiger partial charge is 0.0451 e. The molecule has 1 aliphatic rings. The number of hydrogen-bond donors (Lipinski definition) is 0. The van der Waals surface area contributed by atoms with E-state index in [-0.39, 0.29) is 11.0 Å². The largest absolute Gasteiger partial charge is 0.336 e. The molecular weight excluding hydrogens is 410 g/mol. The average Bonchev–Trinajstić information content (AvgIpc) is 3.06. The summed E-state index contributed by atoms with van der Waals surface area (Å²) in [4.78, 5) is 2.54. The van der Waals surface area contributed by atoms with Crippen molar-refractivity contribution < 1.29 is 0 Å². The van der Waals surface area contributed by atoms with Crippen LogP contribution in [0.25, 0.3) is 22.3 Å². The average molecular weight is 446 g/mol. The molecule has 4 aromatic carbocycles. The fourth-order valence-electron chi connectivity index (χ4n) is 5.88. The lowest BCUT2D eigenvalue weighted by Crippen LogP contribution is -2.38. The highest BCUT2D eigenvalue weighted by molar-refractivity contribution is 5.86. The van der Waals surface area contributed by atoms with Crippen LogP contribution in [0.15, 0.2) is 91.0 Å². The van der Waals surface area contributed by atoms with E-state index < -0.39 is 0 Å². The van der Waals surface area contributed by atoms with Crippen LogP contribution in [0.5, 0.6) is 0 Å². The van der Waals surface area contributed by atoms with Crippen molar-refractivity contribution in [3.8, 4) is 22.3 Å². The summed E-state index contributed by atoms with van der Waals surface area (Å²) in [5.74, 6) is 0. The number of fused-ring (bicyclic) bond motifs is 3. The Morgan fingerprint density at radius 1 is 0.706 bits per heavy atom. The minimum atomic E-state index is -0.0803. The van der Waals surface area contributed by atoms with Gasteiger partial charge in [0.2, 0.25) is 0 Å². The highest BCUT2D eigenvalue weighted by Gasteiger charge is 2.39. The Kier molecular flexibility index (Phi) is 5.40. The van der Waals surface area contributed by atoms with Crippen molar-refractivity contribution in [2.45, 2.75) is 58.9 Å². The Hall–Kier alpha value is -3.32. The van der Waals surface area contributed by atoms with Crippen LogP contribution in [0.4, 0.5) is 11.4 Å². The molecule has 0 atom stereocenters. The minimum Gasteiger partial charge on any atom is -0.336 e. The van der Waals surface area contributed by atoms with Gasteiger partial charge in [0, 0.05) is 22.3 Å².